The van der Waals surface area contributed by atoms with E-state index in [0.29, 0.717) is 0 Å². The highest BCUT2D eigenvalue weighted by atomic mass is 35.5. The van der Waals surface area contributed by atoms with Gasteiger partial charge in [0, 0.05) is 24.1 Å². The summed E-state index contributed by atoms with van der Waals surface area (Å²) in [7, 11) is 0. The number of aliphatic hydroxyl groups is 1. The first-order chi connectivity index (χ1) is 11.0. The van der Waals surface area contributed by atoms with Crippen molar-refractivity contribution in [3.05, 3.63) is 74.8 Å². The van der Waals surface area contributed by atoms with E-state index < -0.39 is 10.8 Å². The molecule has 0 unspecified atom stereocenters. The van der Waals surface area contributed by atoms with Gasteiger partial charge in [-0.15, -0.1) is 0 Å². The van der Waals surface area contributed by atoms with Crippen LogP contribution in [0.25, 0.3) is 0 Å². The molecule has 0 saturated heterocycles. The van der Waals surface area contributed by atoms with Gasteiger partial charge in [0.15, 0.2) is 0 Å². The summed E-state index contributed by atoms with van der Waals surface area (Å²) in [6.07, 6.45) is 0. The molecule has 0 spiro atoms. The van der Waals surface area contributed by atoms with E-state index in [1.165, 1.54) is 18.2 Å². The number of carbonyl (C=O) groups excluding carboxylic acids is 1. The molecule has 0 saturated carbocycles. The Bertz CT molecular complexity index is 706. The van der Waals surface area contributed by atoms with E-state index in [1.807, 2.05) is 30.3 Å². The summed E-state index contributed by atoms with van der Waals surface area (Å²) in [5.41, 5.74) is 0.892. The highest BCUT2D eigenvalue weighted by Crippen LogP contribution is 2.25. The summed E-state index contributed by atoms with van der Waals surface area (Å²) in [5, 5.41) is 22.8. The Hall–Kier alpha value is -2.44. The molecule has 0 aliphatic heterocycles. The van der Waals surface area contributed by atoms with Crippen molar-refractivity contribution in [2.24, 2.45) is 0 Å². The second-order valence-electron chi connectivity index (χ2n) is 4.92. The third-order valence-corrected chi connectivity index (χ3v) is 3.71. The van der Waals surface area contributed by atoms with Gasteiger partial charge < -0.3 is 10.4 Å². The zero-order valence-electron chi connectivity index (χ0n) is 12.1. The van der Waals surface area contributed by atoms with Crippen molar-refractivity contribution in [2.45, 2.75) is 5.92 Å². The van der Waals surface area contributed by atoms with E-state index in [-0.39, 0.29) is 35.3 Å². The van der Waals surface area contributed by atoms with Crippen LogP contribution in [0.5, 0.6) is 0 Å². The number of hydrogen-bond acceptors (Lipinski definition) is 4. The third-order valence-electron chi connectivity index (χ3n) is 3.41. The normalized spacial score (nSPS) is 11.7. The van der Waals surface area contributed by atoms with Crippen molar-refractivity contribution < 1.29 is 14.8 Å². The number of nitro benzene ring substituents is 1. The minimum absolute atomic E-state index is 0.0931. The molecule has 2 aromatic carbocycles. The first kappa shape index (κ1) is 16.9. The molecule has 1 amide bonds. The van der Waals surface area contributed by atoms with Crippen LogP contribution < -0.4 is 5.32 Å². The molecular weight excluding hydrogens is 320 g/mol. The van der Waals surface area contributed by atoms with Crippen molar-refractivity contribution in [1.82, 2.24) is 5.32 Å². The lowest BCUT2D eigenvalue weighted by Crippen LogP contribution is -2.29. The summed E-state index contributed by atoms with van der Waals surface area (Å²) < 4.78 is 0. The Morgan fingerprint density at radius 1 is 1.26 bits per heavy atom. The number of benzene rings is 2. The third kappa shape index (κ3) is 4.28. The summed E-state index contributed by atoms with van der Waals surface area (Å²) >= 11 is 5.79. The second kappa shape index (κ2) is 7.71. The molecule has 0 bridgehead atoms. The van der Waals surface area contributed by atoms with Gasteiger partial charge in [-0.1, -0.05) is 41.9 Å². The Morgan fingerprint density at radius 2 is 1.96 bits per heavy atom. The van der Waals surface area contributed by atoms with Gasteiger partial charge in [0.2, 0.25) is 0 Å². The zero-order valence-corrected chi connectivity index (χ0v) is 12.9. The summed E-state index contributed by atoms with van der Waals surface area (Å²) in [6, 6.07) is 13.1. The summed E-state index contributed by atoms with van der Waals surface area (Å²) in [5.74, 6) is -0.634. The lowest BCUT2D eigenvalue weighted by atomic mass is 10.00. The quantitative estimate of drug-likeness (QED) is 0.627. The molecule has 1 atom stereocenters. The molecule has 120 valence electrons. The molecule has 6 nitrogen and oxygen atoms in total. The zero-order chi connectivity index (χ0) is 16.8. The Morgan fingerprint density at radius 3 is 2.52 bits per heavy atom. The Labute approximate surface area is 137 Å². The first-order valence-electron chi connectivity index (χ1n) is 6.91. The van der Waals surface area contributed by atoms with Gasteiger partial charge in [0.1, 0.15) is 5.02 Å². The maximum atomic E-state index is 12.1. The maximum Gasteiger partial charge on any atom is 0.287 e. The topological polar surface area (TPSA) is 92.5 Å². The summed E-state index contributed by atoms with van der Waals surface area (Å²) in [4.78, 5) is 22.2. The van der Waals surface area contributed by atoms with E-state index >= 15 is 0 Å². The number of carbonyl (C=O) groups is 1. The van der Waals surface area contributed by atoms with Gasteiger partial charge in [-0.3, -0.25) is 14.9 Å². The molecule has 2 aromatic rings. The van der Waals surface area contributed by atoms with Crippen LogP contribution in [0, 0.1) is 10.1 Å². The fourth-order valence-electron chi connectivity index (χ4n) is 2.13. The number of rotatable bonds is 6. The van der Waals surface area contributed by atoms with Crippen LogP contribution in [0.2, 0.25) is 5.02 Å². The van der Waals surface area contributed by atoms with Gasteiger partial charge in [-0.25, -0.2) is 0 Å². The molecule has 23 heavy (non-hydrogen) atoms. The van der Waals surface area contributed by atoms with Gasteiger partial charge >= 0.3 is 0 Å². The van der Waals surface area contributed by atoms with Crippen LogP contribution in [0.15, 0.2) is 48.5 Å². The standard InChI is InChI=1S/C16H15ClN2O4/c17-14-8-12(6-7-15(14)19(22)23)16(21)18-9-13(10-20)11-4-2-1-3-5-11/h1-8,13,20H,9-10H2,(H,18,21)/t13-/m0/s1. The van der Waals surface area contributed by atoms with Crippen molar-refractivity contribution in [3.63, 3.8) is 0 Å². The average Bonchev–Trinajstić information content (AvgIpc) is 2.55. The van der Waals surface area contributed by atoms with Gasteiger partial charge in [-0.2, -0.15) is 0 Å². The molecule has 0 aromatic heterocycles. The predicted molar refractivity (Wildman–Crippen MR) is 86.7 cm³/mol. The highest BCUT2D eigenvalue weighted by molar-refractivity contribution is 6.33. The smallest absolute Gasteiger partial charge is 0.287 e. The Kier molecular flexibility index (Phi) is 5.67. The second-order valence-corrected chi connectivity index (χ2v) is 5.33. The monoisotopic (exact) mass is 334 g/mol. The number of aliphatic hydroxyl groups excluding tert-OH is 1. The number of nitrogens with one attached hydrogen (secondary N) is 1. The van der Waals surface area contributed by atoms with Crippen molar-refractivity contribution >= 4 is 23.2 Å². The highest BCUT2D eigenvalue weighted by Gasteiger charge is 2.16. The molecule has 2 N–H and O–H groups in total. The van der Waals surface area contributed by atoms with Crippen molar-refractivity contribution in [2.75, 3.05) is 13.2 Å². The predicted octanol–water partition coefficient (Wildman–Crippen LogP) is 2.75. The lowest BCUT2D eigenvalue weighted by Gasteiger charge is -2.15. The van der Waals surface area contributed by atoms with E-state index in [1.54, 1.807) is 0 Å². The fourth-order valence-corrected chi connectivity index (χ4v) is 2.38. The van der Waals surface area contributed by atoms with Gasteiger partial charge in [0.05, 0.1) is 11.5 Å². The Balaban J connectivity index is 2.04. The van der Waals surface area contributed by atoms with Crippen LogP contribution in [-0.2, 0) is 0 Å². The molecule has 0 radical (unpaired) electrons. The molecule has 0 aliphatic rings. The van der Waals surface area contributed by atoms with Crippen LogP contribution in [0.1, 0.15) is 21.8 Å². The fraction of sp³-hybridized carbons (Fsp3) is 0.188. The van der Waals surface area contributed by atoms with Crippen LogP contribution in [-0.4, -0.2) is 29.1 Å². The van der Waals surface area contributed by atoms with Crippen LogP contribution in [0.3, 0.4) is 0 Å². The SMILES string of the molecule is O=C(NC[C@@H](CO)c1ccccc1)c1ccc([N+](=O)[O-])c(Cl)c1. The minimum atomic E-state index is -0.610. The number of hydrogen-bond donors (Lipinski definition) is 2. The van der Waals surface area contributed by atoms with Crippen molar-refractivity contribution in [3.8, 4) is 0 Å². The van der Waals surface area contributed by atoms with E-state index in [2.05, 4.69) is 5.32 Å². The van der Waals surface area contributed by atoms with Gasteiger partial charge in [-0.05, 0) is 17.7 Å². The largest absolute Gasteiger partial charge is 0.396 e. The number of nitro groups is 1. The number of nitrogens with zero attached hydrogens (tertiary/aromatic N) is 1. The average molecular weight is 335 g/mol. The van der Waals surface area contributed by atoms with Crippen molar-refractivity contribution in [1.29, 1.82) is 0 Å². The first-order valence-corrected chi connectivity index (χ1v) is 7.28. The number of amides is 1. The molecule has 0 aliphatic carbocycles. The van der Waals surface area contributed by atoms with E-state index in [0.717, 1.165) is 5.56 Å². The lowest BCUT2D eigenvalue weighted by molar-refractivity contribution is -0.384. The van der Waals surface area contributed by atoms with E-state index in [9.17, 15) is 20.0 Å². The molecule has 0 fully saturated rings. The molecular formula is C16H15ClN2O4. The number of halogens is 1. The van der Waals surface area contributed by atoms with Crippen LogP contribution in [0.4, 0.5) is 5.69 Å². The molecule has 2 rings (SSSR count). The van der Waals surface area contributed by atoms with Crippen LogP contribution >= 0.6 is 11.6 Å². The maximum absolute atomic E-state index is 12.1. The molecule has 0 heterocycles. The van der Waals surface area contributed by atoms with Gasteiger partial charge in [0.25, 0.3) is 11.6 Å². The summed E-state index contributed by atoms with van der Waals surface area (Å²) in [6.45, 7) is 0.138. The molecule has 7 heteroatoms. The minimum Gasteiger partial charge on any atom is -0.396 e. The van der Waals surface area contributed by atoms with E-state index in [4.69, 9.17) is 11.6 Å².